The topological polar surface area (TPSA) is 63.4 Å². The summed E-state index contributed by atoms with van der Waals surface area (Å²) in [5, 5.41) is 0. The van der Waals surface area contributed by atoms with Crippen LogP contribution in [0.4, 0.5) is 0 Å². The van der Waals surface area contributed by atoms with Gasteiger partial charge < -0.3 is 10.6 Å². The van der Waals surface area contributed by atoms with Gasteiger partial charge in [0.1, 0.15) is 0 Å². The predicted molar refractivity (Wildman–Crippen MR) is 92.4 cm³/mol. The van der Waals surface area contributed by atoms with Crippen LogP contribution in [0.15, 0.2) is 24.3 Å². The number of rotatable bonds is 8. The molecule has 1 fully saturated rings. The summed E-state index contributed by atoms with van der Waals surface area (Å²) in [5.74, 6) is 0.0874. The number of Topliss-reactive ketones (excluding diaryl/α,β-unsaturated/α-hetero) is 1. The summed E-state index contributed by atoms with van der Waals surface area (Å²) in [7, 11) is 0. The Labute approximate surface area is 139 Å². The van der Waals surface area contributed by atoms with Crippen LogP contribution >= 0.6 is 0 Å². The third kappa shape index (κ3) is 5.47. The molecule has 126 valence electrons. The molecule has 0 bridgehead atoms. The molecule has 0 aliphatic carbocycles. The van der Waals surface area contributed by atoms with Crippen molar-refractivity contribution < 1.29 is 9.59 Å². The van der Waals surface area contributed by atoms with Crippen molar-refractivity contribution in [2.75, 3.05) is 13.1 Å². The fourth-order valence-electron chi connectivity index (χ4n) is 2.97. The van der Waals surface area contributed by atoms with E-state index in [-0.39, 0.29) is 30.6 Å². The molecule has 1 amide bonds. The number of ketones is 1. The van der Waals surface area contributed by atoms with Crippen molar-refractivity contribution >= 4 is 11.7 Å². The molecule has 1 aromatic rings. The molecular weight excluding hydrogens is 288 g/mol. The van der Waals surface area contributed by atoms with E-state index >= 15 is 0 Å². The first-order valence-electron chi connectivity index (χ1n) is 8.75. The number of likely N-dealkylation sites (tertiary alicyclic amines) is 1. The number of benzene rings is 1. The van der Waals surface area contributed by atoms with Gasteiger partial charge in [-0.1, -0.05) is 44.0 Å². The summed E-state index contributed by atoms with van der Waals surface area (Å²) in [4.78, 5) is 26.0. The van der Waals surface area contributed by atoms with E-state index in [2.05, 4.69) is 6.92 Å². The first-order chi connectivity index (χ1) is 11.1. The smallest absolute Gasteiger partial charge is 0.223 e. The van der Waals surface area contributed by atoms with E-state index in [0.29, 0.717) is 12.1 Å². The van der Waals surface area contributed by atoms with E-state index in [9.17, 15) is 9.59 Å². The lowest BCUT2D eigenvalue weighted by molar-refractivity contribution is -0.130. The Bertz CT molecular complexity index is 525. The Balaban J connectivity index is 1.77. The second-order valence-corrected chi connectivity index (χ2v) is 6.47. The second kappa shape index (κ2) is 8.82. The molecule has 1 atom stereocenters. The van der Waals surface area contributed by atoms with E-state index < -0.39 is 0 Å². The zero-order chi connectivity index (χ0) is 16.7. The van der Waals surface area contributed by atoms with Gasteiger partial charge in [0.2, 0.25) is 5.91 Å². The number of hydrogen-bond acceptors (Lipinski definition) is 3. The highest BCUT2D eigenvalue weighted by Crippen LogP contribution is 2.13. The van der Waals surface area contributed by atoms with Crippen LogP contribution in [0.25, 0.3) is 0 Å². The number of aryl methyl sites for hydroxylation is 1. The van der Waals surface area contributed by atoms with Crippen LogP contribution in [0.5, 0.6) is 0 Å². The van der Waals surface area contributed by atoms with Crippen LogP contribution in [0.3, 0.4) is 0 Å². The number of nitrogens with two attached hydrogens (primary N) is 1. The molecule has 0 spiro atoms. The highest BCUT2D eigenvalue weighted by Gasteiger charge is 2.23. The third-order valence-electron chi connectivity index (χ3n) is 4.49. The summed E-state index contributed by atoms with van der Waals surface area (Å²) >= 11 is 0. The molecule has 1 aromatic carbocycles. The molecule has 1 saturated heterocycles. The molecular formula is C19H28N2O2. The molecule has 0 unspecified atom stereocenters. The molecule has 0 saturated carbocycles. The highest BCUT2D eigenvalue weighted by atomic mass is 16.2. The average molecular weight is 316 g/mol. The molecule has 1 aliphatic heterocycles. The molecule has 23 heavy (non-hydrogen) atoms. The van der Waals surface area contributed by atoms with Crippen LogP contribution in [0.1, 0.15) is 61.4 Å². The van der Waals surface area contributed by atoms with Gasteiger partial charge in [0.05, 0.1) is 0 Å². The predicted octanol–water partition coefficient (Wildman–Crippen LogP) is 2.94. The Morgan fingerprint density at radius 3 is 2.52 bits per heavy atom. The quantitative estimate of drug-likeness (QED) is 0.592. The average Bonchev–Trinajstić information content (AvgIpc) is 3.00. The van der Waals surface area contributed by atoms with Crippen LogP contribution in [-0.4, -0.2) is 35.7 Å². The highest BCUT2D eigenvalue weighted by molar-refractivity contribution is 5.98. The van der Waals surface area contributed by atoms with Gasteiger partial charge in [-0.3, -0.25) is 9.59 Å². The first-order valence-corrected chi connectivity index (χ1v) is 8.75. The maximum absolute atomic E-state index is 12.2. The van der Waals surface area contributed by atoms with E-state index in [1.165, 1.54) is 24.8 Å². The zero-order valence-electron chi connectivity index (χ0n) is 14.1. The fourth-order valence-corrected chi connectivity index (χ4v) is 2.97. The molecule has 1 heterocycles. The molecule has 2 rings (SSSR count). The largest absolute Gasteiger partial charge is 0.341 e. The van der Waals surface area contributed by atoms with Crippen molar-refractivity contribution in [3.63, 3.8) is 0 Å². The molecule has 0 aromatic heterocycles. The lowest BCUT2D eigenvalue weighted by Crippen LogP contribution is -2.32. The van der Waals surface area contributed by atoms with Crippen molar-refractivity contribution in [2.45, 2.75) is 57.9 Å². The van der Waals surface area contributed by atoms with Gasteiger partial charge in [-0.2, -0.15) is 0 Å². The van der Waals surface area contributed by atoms with Crippen molar-refractivity contribution in [2.24, 2.45) is 5.73 Å². The third-order valence-corrected chi connectivity index (χ3v) is 4.49. The van der Waals surface area contributed by atoms with Gasteiger partial charge in [-0.15, -0.1) is 0 Å². The minimum atomic E-state index is 0.0435. The van der Waals surface area contributed by atoms with Crippen molar-refractivity contribution in [3.05, 3.63) is 35.4 Å². The van der Waals surface area contributed by atoms with E-state index in [0.717, 1.165) is 19.4 Å². The minimum Gasteiger partial charge on any atom is -0.341 e. The first kappa shape index (κ1) is 17.7. The molecule has 4 heteroatoms. The fraction of sp³-hybridized carbons (Fsp3) is 0.579. The van der Waals surface area contributed by atoms with Gasteiger partial charge in [0.25, 0.3) is 0 Å². The minimum absolute atomic E-state index is 0.0435. The number of amides is 1. The van der Waals surface area contributed by atoms with E-state index in [4.69, 9.17) is 5.73 Å². The Kier molecular flexibility index (Phi) is 6.78. The van der Waals surface area contributed by atoms with Gasteiger partial charge in [-0.25, -0.2) is 0 Å². The second-order valence-electron chi connectivity index (χ2n) is 6.47. The zero-order valence-corrected chi connectivity index (χ0v) is 14.1. The molecule has 1 aliphatic rings. The van der Waals surface area contributed by atoms with Crippen LogP contribution in [-0.2, 0) is 11.2 Å². The lowest BCUT2D eigenvalue weighted by atomic mass is 10.0. The van der Waals surface area contributed by atoms with Crippen molar-refractivity contribution in [1.82, 2.24) is 4.90 Å². The van der Waals surface area contributed by atoms with E-state index in [1.54, 1.807) is 4.90 Å². The SMILES string of the molecule is CCCCCc1ccc(C(=O)CCC(=O)N2CC[C@@H](N)C2)cc1. The summed E-state index contributed by atoms with van der Waals surface area (Å²) in [6.45, 7) is 3.54. The summed E-state index contributed by atoms with van der Waals surface area (Å²) in [6.07, 6.45) is 6.13. The maximum Gasteiger partial charge on any atom is 0.223 e. The van der Waals surface area contributed by atoms with Crippen LogP contribution < -0.4 is 5.73 Å². The lowest BCUT2D eigenvalue weighted by Gasteiger charge is -2.15. The molecule has 4 nitrogen and oxygen atoms in total. The standard InChI is InChI=1S/C19H28N2O2/c1-2-3-4-5-15-6-8-16(9-7-15)18(22)10-11-19(23)21-13-12-17(20)14-21/h6-9,17H,2-5,10-14,20H2,1H3/t17-/m1/s1. The summed E-state index contributed by atoms with van der Waals surface area (Å²) in [5.41, 5.74) is 7.79. The Hall–Kier alpha value is -1.68. The summed E-state index contributed by atoms with van der Waals surface area (Å²) in [6, 6.07) is 7.93. The number of unbranched alkanes of at least 4 members (excludes halogenated alkanes) is 2. The monoisotopic (exact) mass is 316 g/mol. The molecule has 0 radical (unpaired) electrons. The molecule has 2 N–H and O–H groups in total. The van der Waals surface area contributed by atoms with Crippen LogP contribution in [0.2, 0.25) is 0 Å². The summed E-state index contributed by atoms with van der Waals surface area (Å²) < 4.78 is 0. The number of hydrogen-bond donors (Lipinski definition) is 1. The van der Waals surface area contributed by atoms with Gasteiger partial charge in [0.15, 0.2) is 5.78 Å². The van der Waals surface area contributed by atoms with E-state index in [1.807, 2.05) is 24.3 Å². The maximum atomic E-state index is 12.2. The van der Waals surface area contributed by atoms with Gasteiger partial charge in [0, 0.05) is 37.5 Å². The number of carbonyl (C=O) groups excluding carboxylic acids is 2. The Morgan fingerprint density at radius 2 is 1.91 bits per heavy atom. The Morgan fingerprint density at radius 1 is 1.17 bits per heavy atom. The number of carbonyl (C=O) groups is 2. The van der Waals surface area contributed by atoms with Crippen molar-refractivity contribution in [1.29, 1.82) is 0 Å². The normalized spacial score (nSPS) is 17.5. The number of nitrogens with zero attached hydrogens (tertiary/aromatic N) is 1. The van der Waals surface area contributed by atoms with Crippen molar-refractivity contribution in [3.8, 4) is 0 Å². The van der Waals surface area contributed by atoms with Gasteiger partial charge in [-0.05, 0) is 24.8 Å². The van der Waals surface area contributed by atoms with Crippen LogP contribution in [0, 0.1) is 0 Å². The van der Waals surface area contributed by atoms with Gasteiger partial charge >= 0.3 is 0 Å².